The maximum absolute atomic E-state index is 6.23. The average molecular weight is 628 g/mol. The second kappa shape index (κ2) is 13.6. The second-order valence-corrected chi connectivity index (χ2v) is 25.0. The second-order valence-electron chi connectivity index (χ2n) is 13.7. The number of nitrogens with zero attached hydrogens (tertiary/aromatic N) is 6. The first-order chi connectivity index (χ1) is 20.9. The predicted molar refractivity (Wildman–Crippen MR) is 185 cm³/mol. The van der Waals surface area contributed by atoms with Gasteiger partial charge in [-0.25, -0.2) is 19.6 Å². The maximum Gasteiger partial charge on any atom is 0.165 e. The fourth-order valence-corrected chi connectivity index (χ4v) is 6.12. The molecule has 5 rings (SSSR count). The number of benzene rings is 2. The van der Waals surface area contributed by atoms with Crippen LogP contribution in [0.3, 0.4) is 0 Å². The Morgan fingerprint density at radius 2 is 1.48 bits per heavy atom. The van der Waals surface area contributed by atoms with Gasteiger partial charge in [-0.2, -0.15) is 5.10 Å². The van der Waals surface area contributed by atoms with Gasteiger partial charge in [-0.15, -0.1) is 0 Å². The topological polar surface area (TPSA) is 91.9 Å². The van der Waals surface area contributed by atoms with Crippen molar-refractivity contribution in [1.29, 1.82) is 0 Å². The molecule has 0 aliphatic rings. The summed E-state index contributed by atoms with van der Waals surface area (Å²) < 4.78 is 16.3. The molecule has 0 aliphatic carbocycles. The summed E-state index contributed by atoms with van der Waals surface area (Å²) in [5.41, 5.74) is 5.55. The normalized spacial score (nSPS) is 12.2. The molecule has 11 heteroatoms. The van der Waals surface area contributed by atoms with Crippen LogP contribution in [0.5, 0.6) is 0 Å². The van der Waals surface area contributed by atoms with Crippen molar-refractivity contribution >= 4 is 38.7 Å². The molecular weight excluding hydrogens is 583 g/mol. The van der Waals surface area contributed by atoms with Crippen LogP contribution in [0.15, 0.2) is 67.0 Å². The molecule has 9 nitrogen and oxygen atoms in total. The Morgan fingerprint density at radius 1 is 0.795 bits per heavy atom. The van der Waals surface area contributed by atoms with E-state index in [0.29, 0.717) is 37.4 Å². The van der Waals surface area contributed by atoms with Gasteiger partial charge in [0.1, 0.15) is 19.3 Å². The molecule has 3 heterocycles. The molecule has 1 N–H and O–H groups in total. The zero-order chi connectivity index (χ0) is 31.3. The van der Waals surface area contributed by atoms with E-state index in [9.17, 15) is 0 Å². The van der Waals surface area contributed by atoms with E-state index in [1.807, 2.05) is 47.3 Å². The largest absolute Gasteiger partial charge is 0.361 e. The lowest BCUT2D eigenvalue weighted by Gasteiger charge is -2.16. The molecule has 2 aromatic carbocycles. The number of fused-ring (bicyclic) bond motifs is 1. The van der Waals surface area contributed by atoms with Gasteiger partial charge in [0.2, 0.25) is 0 Å². The molecule has 0 bridgehead atoms. The molecule has 5 aromatic rings. The SMILES string of the molecule is Cc1ccc(-c2nccc(Nc3cn(COCC[Si](C)(C)C)nc3-c3nc4ccccc4n3COCC[Si](C)(C)C)n2)cc1. The lowest BCUT2D eigenvalue weighted by Crippen LogP contribution is -2.22. The van der Waals surface area contributed by atoms with Crippen LogP contribution in [0.4, 0.5) is 11.5 Å². The van der Waals surface area contributed by atoms with E-state index in [1.54, 1.807) is 6.20 Å². The molecule has 0 unspecified atom stereocenters. The van der Waals surface area contributed by atoms with Crippen LogP contribution in [-0.2, 0) is 22.9 Å². The Bertz CT molecular complexity index is 1690. The minimum Gasteiger partial charge on any atom is -0.361 e. The van der Waals surface area contributed by atoms with Crippen LogP contribution in [-0.4, -0.2) is 58.7 Å². The first kappa shape index (κ1) is 31.8. The number of ether oxygens (including phenoxy) is 2. The standard InChI is InChI=1S/C33H45N7O2Si2/c1-25-12-14-26(15-13-25)32-34-17-16-30(37-32)35-28-22-39(23-41-18-20-43(2,3)4)38-31(28)33-36-27-10-8-9-11-29(27)40(33)24-42-19-21-44(5,6)7/h8-17,22H,18-21,23-24H2,1-7H3,(H,34,35,37). The van der Waals surface area contributed by atoms with Crippen molar-refractivity contribution in [2.24, 2.45) is 0 Å². The quantitative estimate of drug-likeness (QED) is 0.0984. The van der Waals surface area contributed by atoms with Crippen LogP contribution < -0.4 is 5.32 Å². The highest BCUT2D eigenvalue weighted by molar-refractivity contribution is 6.76. The van der Waals surface area contributed by atoms with Gasteiger partial charge in [-0.3, -0.25) is 4.57 Å². The highest BCUT2D eigenvalue weighted by Crippen LogP contribution is 2.32. The van der Waals surface area contributed by atoms with Crippen molar-refractivity contribution in [3.63, 3.8) is 0 Å². The third-order valence-electron chi connectivity index (χ3n) is 7.29. The van der Waals surface area contributed by atoms with Gasteiger partial charge < -0.3 is 14.8 Å². The van der Waals surface area contributed by atoms with E-state index < -0.39 is 16.1 Å². The molecule has 0 spiro atoms. The number of nitrogens with one attached hydrogen (secondary N) is 1. The summed E-state index contributed by atoms with van der Waals surface area (Å²) in [6.45, 7) is 18.4. The average Bonchev–Trinajstić information content (AvgIpc) is 3.53. The van der Waals surface area contributed by atoms with Crippen molar-refractivity contribution in [3.8, 4) is 22.9 Å². The van der Waals surface area contributed by atoms with Crippen molar-refractivity contribution in [1.82, 2.24) is 29.3 Å². The molecule has 3 aromatic heterocycles. The van der Waals surface area contributed by atoms with Gasteiger partial charge in [-0.05, 0) is 37.2 Å². The number of hydrogen-bond donors (Lipinski definition) is 1. The van der Waals surface area contributed by atoms with Gasteiger partial charge in [0, 0.05) is 41.1 Å². The smallest absolute Gasteiger partial charge is 0.165 e. The maximum atomic E-state index is 6.23. The molecule has 0 saturated heterocycles. The fourth-order valence-electron chi connectivity index (χ4n) is 4.61. The number of rotatable bonds is 14. The molecule has 0 fully saturated rings. The Kier molecular flexibility index (Phi) is 9.79. The van der Waals surface area contributed by atoms with E-state index in [-0.39, 0.29) is 0 Å². The zero-order valence-electron chi connectivity index (χ0n) is 27.1. The Labute approximate surface area is 262 Å². The van der Waals surface area contributed by atoms with Crippen molar-refractivity contribution in [2.45, 2.75) is 71.8 Å². The molecule has 44 heavy (non-hydrogen) atoms. The van der Waals surface area contributed by atoms with E-state index >= 15 is 0 Å². The lowest BCUT2D eigenvalue weighted by molar-refractivity contribution is 0.0786. The van der Waals surface area contributed by atoms with Gasteiger partial charge in [0.05, 0.1) is 22.9 Å². The van der Waals surface area contributed by atoms with E-state index in [0.717, 1.165) is 46.8 Å². The predicted octanol–water partition coefficient (Wildman–Crippen LogP) is 8.03. The summed E-state index contributed by atoms with van der Waals surface area (Å²) in [4.78, 5) is 14.4. The Hall–Kier alpha value is -3.65. The summed E-state index contributed by atoms with van der Waals surface area (Å²) >= 11 is 0. The molecule has 0 atom stereocenters. The van der Waals surface area contributed by atoms with Gasteiger partial charge in [0.15, 0.2) is 17.3 Å². The van der Waals surface area contributed by atoms with Crippen LogP contribution in [0.1, 0.15) is 5.56 Å². The lowest BCUT2D eigenvalue weighted by atomic mass is 10.1. The first-order valence-corrected chi connectivity index (χ1v) is 22.7. The Balaban J connectivity index is 1.48. The van der Waals surface area contributed by atoms with Gasteiger partial charge >= 0.3 is 0 Å². The van der Waals surface area contributed by atoms with Gasteiger partial charge in [0.25, 0.3) is 0 Å². The minimum atomic E-state index is -1.22. The minimum absolute atomic E-state index is 0.352. The summed E-state index contributed by atoms with van der Waals surface area (Å²) in [5.74, 6) is 2.06. The third-order valence-corrected chi connectivity index (χ3v) is 10.7. The summed E-state index contributed by atoms with van der Waals surface area (Å²) in [5, 5.41) is 8.50. The summed E-state index contributed by atoms with van der Waals surface area (Å²) in [6.07, 6.45) is 3.74. The van der Waals surface area contributed by atoms with Crippen LogP contribution in [0, 0.1) is 6.92 Å². The number of imidazole rings is 1. The van der Waals surface area contributed by atoms with Crippen molar-refractivity contribution in [3.05, 3.63) is 72.6 Å². The van der Waals surface area contributed by atoms with Gasteiger partial charge in [-0.1, -0.05) is 81.2 Å². The molecular formula is C33H45N7O2Si2. The summed E-state index contributed by atoms with van der Waals surface area (Å²) in [6, 6.07) is 20.4. The molecule has 0 saturated carbocycles. The molecule has 232 valence electrons. The third kappa shape index (κ3) is 8.50. The van der Waals surface area contributed by atoms with E-state index in [2.05, 4.69) is 79.3 Å². The highest BCUT2D eigenvalue weighted by Gasteiger charge is 2.21. The summed E-state index contributed by atoms with van der Waals surface area (Å²) in [7, 11) is -2.42. The zero-order valence-corrected chi connectivity index (χ0v) is 29.1. The number of anilines is 2. The van der Waals surface area contributed by atoms with E-state index in [4.69, 9.17) is 24.5 Å². The number of aryl methyl sites for hydroxylation is 1. The molecule has 0 aliphatic heterocycles. The highest BCUT2D eigenvalue weighted by atomic mass is 28.3. The fraction of sp³-hybridized carbons (Fsp3) is 0.394. The van der Waals surface area contributed by atoms with Crippen LogP contribution in [0.25, 0.3) is 33.9 Å². The Morgan fingerprint density at radius 3 is 2.18 bits per heavy atom. The molecule has 0 radical (unpaired) electrons. The van der Waals surface area contributed by atoms with Crippen molar-refractivity contribution < 1.29 is 9.47 Å². The van der Waals surface area contributed by atoms with Crippen LogP contribution >= 0.6 is 0 Å². The number of hydrogen-bond acceptors (Lipinski definition) is 7. The van der Waals surface area contributed by atoms with E-state index in [1.165, 1.54) is 5.56 Å². The monoisotopic (exact) mass is 627 g/mol. The first-order valence-electron chi connectivity index (χ1n) is 15.3. The number of aromatic nitrogens is 6. The van der Waals surface area contributed by atoms with Crippen molar-refractivity contribution in [2.75, 3.05) is 18.5 Å². The van der Waals surface area contributed by atoms with Crippen LogP contribution in [0.2, 0.25) is 51.4 Å². The number of para-hydroxylation sites is 2. The molecule has 0 amide bonds.